The van der Waals surface area contributed by atoms with Gasteiger partial charge in [0, 0.05) is 23.3 Å². The SMILES string of the molecule is C=CCn1c(CNC(=O)C=Cc2ccccc2Cl)nnc1SCC(=O)Nc1c(C)cc(C)cc1C. The number of nitrogens with one attached hydrogen (secondary N) is 2. The van der Waals surface area contributed by atoms with Gasteiger partial charge in [-0.3, -0.25) is 9.59 Å². The largest absolute Gasteiger partial charge is 0.345 e. The molecule has 0 saturated heterocycles. The first-order valence-electron chi connectivity index (χ1n) is 11.0. The van der Waals surface area contributed by atoms with Crippen LogP contribution < -0.4 is 10.6 Å². The number of nitrogens with zero attached hydrogens (tertiary/aromatic N) is 3. The lowest BCUT2D eigenvalue weighted by molar-refractivity contribution is -0.116. The first kappa shape index (κ1) is 26.2. The summed E-state index contributed by atoms with van der Waals surface area (Å²) in [6.07, 6.45) is 4.79. The molecule has 35 heavy (non-hydrogen) atoms. The Morgan fingerprint density at radius 3 is 2.54 bits per heavy atom. The van der Waals surface area contributed by atoms with Crippen molar-refractivity contribution in [3.8, 4) is 0 Å². The number of thioether (sulfide) groups is 1. The number of rotatable bonds is 10. The fraction of sp³-hybridized carbons (Fsp3) is 0.231. The van der Waals surface area contributed by atoms with Crippen LogP contribution in [0.3, 0.4) is 0 Å². The van der Waals surface area contributed by atoms with Gasteiger partial charge in [0.1, 0.15) is 0 Å². The summed E-state index contributed by atoms with van der Waals surface area (Å²) in [6, 6.07) is 11.4. The third-order valence-electron chi connectivity index (χ3n) is 5.12. The van der Waals surface area contributed by atoms with Gasteiger partial charge < -0.3 is 15.2 Å². The average Bonchev–Trinajstić information content (AvgIpc) is 3.20. The highest BCUT2D eigenvalue weighted by Crippen LogP contribution is 2.23. The summed E-state index contributed by atoms with van der Waals surface area (Å²) in [4.78, 5) is 24.9. The Kier molecular flexibility index (Phi) is 9.28. The van der Waals surface area contributed by atoms with E-state index in [1.54, 1.807) is 18.2 Å². The Balaban J connectivity index is 1.60. The van der Waals surface area contributed by atoms with Crippen molar-refractivity contribution in [1.29, 1.82) is 0 Å². The van der Waals surface area contributed by atoms with Gasteiger partial charge in [0.25, 0.3) is 0 Å². The number of carbonyl (C=O) groups excluding carboxylic acids is 2. The Bertz CT molecular complexity index is 1250. The van der Waals surface area contributed by atoms with E-state index in [9.17, 15) is 9.59 Å². The minimum atomic E-state index is -0.282. The number of hydrogen-bond donors (Lipinski definition) is 2. The summed E-state index contributed by atoms with van der Waals surface area (Å²) in [5, 5.41) is 15.3. The van der Waals surface area contributed by atoms with Crippen molar-refractivity contribution >= 4 is 46.9 Å². The molecule has 3 aromatic rings. The van der Waals surface area contributed by atoms with Gasteiger partial charge in [0.2, 0.25) is 11.8 Å². The number of benzene rings is 2. The van der Waals surface area contributed by atoms with Crippen molar-refractivity contribution in [3.05, 3.63) is 88.2 Å². The smallest absolute Gasteiger partial charge is 0.244 e. The van der Waals surface area contributed by atoms with Crippen LogP contribution >= 0.6 is 23.4 Å². The number of aromatic nitrogens is 3. The molecule has 0 aliphatic rings. The highest BCUT2D eigenvalue weighted by atomic mass is 35.5. The summed E-state index contributed by atoms with van der Waals surface area (Å²) in [5.41, 5.74) is 4.80. The van der Waals surface area contributed by atoms with Crippen LogP contribution in [-0.2, 0) is 22.7 Å². The molecule has 0 aliphatic carbocycles. The number of anilines is 1. The highest BCUT2D eigenvalue weighted by molar-refractivity contribution is 7.99. The van der Waals surface area contributed by atoms with Gasteiger partial charge in [-0.25, -0.2) is 0 Å². The Morgan fingerprint density at radius 2 is 1.86 bits per heavy atom. The van der Waals surface area contributed by atoms with Crippen LogP contribution in [-0.4, -0.2) is 32.3 Å². The predicted molar refractivity (Wildman–Crippen MR) is 143 cm³/mol. The van der Waals surface area contributed by atoms with Crippen LogP contribution in [0.25, 0.3) is 6.08 Å². The van der Waals surface area contributed by atoms with E-state index in [4.69, 9.17) is 11.6 Å². The summed E-state index contributed by atoms with van der Waals surface area (Å²) in [7, 11) is 0. The first-order valence-corrected chi connectivity index (χ1v) is 12.4. The molecular weight excluding hydrogens is 482 g/mol. The van der Waals surface area contributed by atoms with E-state index in [0.29, 0.717) is 22.5 Å². The maximum Gasteiger partial charge on any atom is 0.244 e. The third kappa shape index (κ3) is 7.31. The fourth-order valence-corrected chi connectivity index (χ4v) is 4.52. The molecule has 0 unspecified atom stereocenters. The van der Waals surface area contributed by atoms with Crippen molar-refractivity contribution in [2.45, 2.75) is 39.0 Å². The van der Waals surface area contributed by atoms with E-state index in [0.717, 1.165) is 27.9 Å². The molecule has 182 valence electrons. The lowest BCUT2D eigenvalue weighted by atomic mass is 10.1. The Hall–Kier alpha value is -3.36. The molecular formula is C26H28ClN5O2S. The molecule has 9 heteroatoms. The quantitative estimate of drug-likeness (QED) is 0.225. The topological polar surface area (TPSA) is 88.9 Å². The third-order valence-corrected chi connectivity index (χ3v) is 6.43. The standard InChI is InChI=1S/C26H28ClN5O2S/c1-5-12-32-22(15-28-23(33)11-10-20-8-6-7-9-21(20)27)30-31-26(32)35-16-24(34)29-25-18(3)13-17(2)14-19(25)4/h5-11,13-14H,1,12,15-16H2,2-4H3,(H,28,33)(H,29,34). The number of amides is 2. The minimum Gasteiger partial charge on any atom is -0.345 e. The van der Waals surface area contributed by atoms with Crippen LogP contribution in [0.5, 0.6) is 0 Å². The van der Waals surface area contributed by atoms with Gasteiger partial charge in [0.05, 0.1) is 12.3 Å². The summed E-state index contributed by atoms with van der Waals surface area (Å²) in [5.74, 6) is 0.334. The first-order chi connectivity index (χ1) is 16.8. The molecule has 3 rings (SSSR count). The van der Waals surface area contributed by atoms with E-state index < -0.39 is 0 Å². The van der Waals surface area contributed by atoms with Crippen molar-refractivity contribution < 1.29 is 9.59 Å². The number of allylic oxidation sites excluding steroid dienone is 1. The lowest BCUT2D eigenvalue weighted by Crippen LogP contribution is -2.23. The van der Waals surface area contributed by atoms with Crippen molar-refractivity contribution in [2.75, 3.05) is 11.1 Å². The Morgan fingerprint density at radius 1 is 1.14 bits per heavy atom. The summed E-state index contributed by atoms with van der Waals surface area (Å²) in [6.45, 7) is 10.4. The molecule has 1 aromatic heterocycles. The van der Waals surface area contributed by atoms with E-state index in [1.165, 1.54) is 17.8 Å². The molecule has 0 spiro atoms. The predicted octanol–water partition coefficient (Wildman–Crippen LogP) is 5.10. The number of halogens is 1. The molecule has 2 amide bonds. The van der Waals surface area contributed by atoms with Gasteiger partial charge in [-0.1, -0.05) is 65.3 Å². The zero-order valence-electron chi connectivity index (χ0n) is 20.0. The molecule has 0 aliphatic heterocycles. The monoisotopic (exact) mass is 509 g/mol. The number of aryl methyl sites for hydroxylation is 3. The molecule has 2 aromatic carbocycles. The molecule has 0 bridgehead atoms. The second-order valence-electron chi connectivity index (χ2n) is 7.98. The van der Waals surface area contributed by atoms with Crippen molar-refractivity contribution in [3.63, 3.8) is 0 Å². The lowest BCUT2D eigenvalue weighted by Gasteiger charge is -2.13. The van der Waals surface area contributed by atoms with Crippen LogP contribution in [0.1, 0.15) is 28.1 Å². The molecule has 0 fully saturated rings. The summed E-state index contributed by atoms with van der Waals surface area (Å²) >= 11 is 7.39. The molecule has 7 nitrogen and oxygen atoms in total. The maximum absolute atomic E-state index is 12.6. The normalized spacial score (nSPS) is 11.0. The van der Waals surface area contributed by atoms with E-state index >= 15 is 0 Å². The molecule has 0 saturated carbocycles. The van der Waals surface area contributed by atoms with Gasteiger partial charge >= 0.3 is 0 Å². The van der Waals surface area contributed by atoms with Crippen LogP contribution in [0.4, 0.5) is 5.69 Å². The number of carbonyl (C=O) groups is 2. The van der Waals surface area contributed by atoms with E-state index in [2.05, 4.69) is 27.4 Å². The molecule has 0 atom stereocenters. The zero-order chi connectivity index (χ0) is 25.4. The second-order valence-corrected chi connectivity index (χ2v) is 9.33. The van der Waals surface area contributed by atoms with Gasteiger partial charge in [-0.15, -0.1) is 16.8 Å². The van der Waals surface area contributed by atoms with E-state index in [1.807, 2.05) is 55.7 Å². The zero-order valence-corrected chi connectivity index (χ0v) is 21.5. The van der Waals surface area contributed by atoms with Crippen LogP contribution in [0.15, 0.2) is 60.3 Å². The van der Waals surface area contributed by atoms with Gasteiger partial charge in [-0.05, 0) is 49.6 Å². The average molecular weight is 510 g/mol. The molecule has 0 radical (unpaired) electrons. The second kappa shape index (κ2) is 12.4. The fourth-order valence-electron chi connectivity index (χ4n) is 3.55. The van der Waals surface area contributed by atoms with Crippen LogP contribution in [0, 0.1) is 20.8 Å². The maximum atomic E-state index is 12.6. The van der Waals surface area contributed by atoms with Gasteiger partial charge in [-0.2, -0.15) is 0 Å². The minimum absolute atomic E-state index is 0.127. The molecule has 2 N–H and O–H groups in total. The van der Waals surface area contributed by atoms with Gasteiger partial charge in [0.15, 0.2) is 11.0 Å². The van der Waals surface area contributed by atoms with E-state index in [-0.39, 0.29) is 24.1 Å². The summed E-state index contributed by atoms with van der Waals surface area (Å²) < 4.78 is 1.82. The Labute approximate surface area is 214 Å². The van der Waals surface area contributed by atoms with Crippen molar-refractivity contribution in [2.24, 2.45) is 0 Å². The molecule has 1 heterocycles. The van der Waals surface area contributed by atoms with Crippen LogP contribution in [0.2, 0.25) is 5.02 Å². The number of hydrogen-bond acceptors (Lipinski definition) is 5. The highest BCUT2D eigenvalue weighted by Gasteiger charge is 2.15. The van der Waals surface area contributed by atoms with Crippen molar-refractivity contribution in [1.82, 2.24) is 20.1 Å².